The number of hydrogen-bond donors (Lipinski definition) is 6. The predicted molar refractivity (Wildman–Crippen MR) is 129 cm³/mol. The second-order valence-electron chi connectivity index (χ2n) is 7.66. The Morgan fingerprint density at radius 1 is 1.03 bits per heavy atom. The zero-order valence-electron chi connectivity index (χ0n) is 20.2. The molecule has 1 fully saturated rings. The Bertz CT molecular complexity index is 800. The van der Waals surface area contributed by atoms with E-state index < -0.39 is 24.0 Å². The molecule has 196 valence electrons. The van der Waals surface area contributed by atoms with Crippen LogP contribution in [0.1, 0.15) is 45.1 Å². The number of carbonyl (C=O) groups is 5. The van der Waals surface area contributed by atoms with Gasteiger partial charge < -0.3 is 37.2 Å². The first kappa shape index (κ1) is 31.5. The van der Waals surface area contributed by atoms with Gasteiger partial charge in [-0.3, -0.25) is 24.0 Å². The number of carboxylic acid groups (broad SMARTS) is 2. The molecule has 1 aliphatic heterocycles. The first-order valence-electron chi connectivity index (χ1n) is 11.2. The van der Waals surface area contributed by atoms with Crippen LogP contribution in [0, 0.1) is 0 Å². The number of nitrogens with zero attached hydrogens (tertiary/aromatic N) is 1. The Morgan fingerprint density at radius 3 is 2.11 bits per heavy atom. The molecule has 8 N–H and O–H groups in total. The molecule has 0 unspecified atom stereocenters. The summed E-state index contributed by atoms with van der Waals surface area (Å²) in [5, 5.41) is 20.4. The zero-order valence-corrected chi connectivity index (χ0v) is 20.2. The number of hydrogen-bond acceptors (Lipinski definition) is 7. The third-order valence-corrected chi connectivity index (χ3v) is 4.63. The molecule has 2 rings (SSSR count). The minimum absolute atomic E-state index is 0.126. The summed E-state index contributed by atoms with van der Waals surface area (Å²) < 4.78 is 0. The van der Waals surface area contributed by atoms with Crippen molar-refractivity contribution in [2.24, 2.45) is 11.5 Å². The molecule has 2 atom stereocenters. The lowest BCUT2D eigenvalue weighted by Gasteiger charge is -2.26. The summed E-state index contributed by atoms with van der Waals surface area (Å²) >= 11 is 0. The summed E-state index contributed by atoms with van der Waals surface area (Å²) in [4.78, 5) is 56.9. The molecular formula is C23H37N5O7. The molecule has 0 radical (unpaired) electrons. The first-order valence-corrected chi connectivity index (χ1v) is 11.2. The van der Waals surface area contributed by atoms with E-state index in [1.165, 1.54) is 0 Å². The standard InChI is InChI=1S/C19H29N5O3.2C2H4O2/c20-10-8-15(18(26)22-13-14-5-2-1-3-6-14)23-19(27)16-7-4-12-24(16)17(25)9-11-21;2*1-2(3)4/h1-3,5-6,15-16H,4,7-13,20-21H2,(H,22,26)(H,23,27);2*1H3,(H,3,4)/t15-,16-;;/m0../s1. The fraction of sp³-hybridized carbons (Fsp3) is 0.522. The van der Waals surface area contributed by atoms with Crippen LogP contribution >= 0.6 is 0 Å². The fourth-order valence-electron chi connectivity index (χ4n) is 3.22. The molecular weight excluding hydrogens is 458 g/mol. The van der Waals surface area contributed by atoms with Crippen LogP contribution in [0.5, 0.6) is 0 Å². The maximum Gasteiger partial charge on any atom is 0.300 e. The van der Waals surface area contributed by atoms with E-state index in [1.807, 2.05) is 30.3 Å². The molecule has 1 saturated heterocycles. The van der Waals surface area contributed by atoms with E-state index >= 15 is 0 Å². The Labute approximate surface area is 205 Å². The molecule has 0 spiro atoms. The Kier molecular flexibility index (Phi) is 16.1. The van der Waals surface area contributed by atoms with Crippen molar-refractivity contribution in [3.63, 3.8) is 0 Å². The van der Waals surface area contributed by atoms with Crippen molar-refractivity contribution in [1.29, 1.82) is 0 Å². The molecule has 3 amide bonds. The van der Waals surface area contributed by atoms with Gasteiger partial charge in [-0.1, -0.05) is 30.3 Å². The van der Waals surface area contributed by atoms with Crippen LogP contribution in [0.2, 0.25) is 0 Å². The summed E-state index contributed by atoms with van der Waals surface area (Å²) in [6.07, 6.45) is 1.89. The van der Waals surface area contributed by atoms with Gasteiger partial charge in [0.2, 0.25) is 17.7 Å². The van der Waals surface area contributed by atoms with Crippen LogP contribution in [0.4, 0.5) is 0 Å². The van der Waals surface area contributed by atoms with Gasteiger partial charge in [0.15, 0.2) is 0 Å². The van der Waals surface area contributed by atoms with E-state index in [9.17, 15) is 14.4 Å². The molecule has 0 aromatic heterocycles. The zero-order chi connectivity index (χ0) is 26.8. The fourth-order valence-corrected chi connectivity index (χ4v) is 3.22. The molecule has 12 nitrogen and oxygen atoms in total. The molecule has 35 heavy (non-hydrogen) atoms. The number of aliphatic carboxylic acids is 2. The summed E-state index contributed by atoms with van der Waals surface area (Å²) in [6.45, 7) is 3.60. The summed E-state index contributed by atoms with van der Waals surface area (Å²) in [5.41, 5.74) is 12.0. The molecule has 1 aromatic rings. The molecule has 1 aliphatic rings. The summed E-state index contributed by atoms with van der Waals surface area (Å²) in [5.74, 6) is -2.39. The molecule has 12 heteroatoms. The van der Waals surface area contributed by atoms with E-state index in [-0.39, 0.29) is 37.2 Å². The van der Waals surface area contributed by atoms with Crippen molar-refractivity contribution in [2.75, 3.05) is 19.6 Å². The van der Waals surface area contributed by atoms with Gasteiger partial charge in [0, 0.05) is 39.9 Å². The summed E-state index contributed by atoms with van der Waals surface area (Å²) in [7, 11) is 0. The molecule has 0 aliphatic carbocycles. The molecule has 1 aromatic carbocycles. The van der Waals surface area contributed by atoms with Gasteiger partial charge in [-0.25, -0.2) is 0 Å². The molecule has 0 saturated carbocycles. The van der Waals surface area contributed by atoms with E-state index in [4.69, 9.17) is 31.3 Å². The highest BCUT2D eigenvalue weighted by atomic mass is 16.4. The number of likely N-dealkylation sites (tertiary alicyclic amines) is 1. The quantitative estimate of drug-likeness (QED) is 0.264. The van der Waals surface area contributed by atoms with Gasteiger partial charge in [-0.2, -0.15) is 0 Å². The smallest absolute Gasteiger partial charge is 0.300 e. The monoisotopic (exact) mass is 495 g/mol. The van der Waals surface area contributed by atoms with E-state index in [1.54, 1.807) is 4.90 Å². The van der Waals surface area contributed by atoms with Crippen molar-refractivity contribution >= 4 is 29.7 Å². The van der Waals surface area contributed by atoms with E-state index in [0.29, 0.717) is 25.9 Å². The van der Waals surface area contributed by atoms with Crippen molar-refractivity contribution in [3.05, 3.63) is 35.9 Å². The van der Waals surface area contributed by atoms with Crippen LogP contribution in [0.25, 0.3) is 0 Å². The molecule has 1 heterocycles. The van der Waals surface area contributed by atoms with E-state index in [2.05, 4.69) is 10.6 Å². The SMILES string of the molecule is CC(=O)O.CC(=O)O.NCCC(=O)N1CCC[C@H]1C(=O)N[C@@H](CCN)C(=O)NCc1ccccc1. The molecule has 0 bridgehead atoms. The Morgan fingerprint density at radius 2 is 1.60 bits per heavy atom. The topological polar surface area (TPSA) is 205 Å². The minimum Gasteiger partial charge on any atom is -0.481 e. The first-order chi connectivity index (χ1) is 16.5. The van der Waals surface area contributed by atoms with Crippen LogP contribution < -0.4 is 22.1 Å². The minimum atomic E-state index is -0.833. The largest absolute Gasteiger partial charge is 0.481 e. The maximum atomic E-state index is 12.7. The van der Waals surface area contributed by atoms with Crippen LogP contribution in [0.15, 0.2) is 30.3 Å². The highest BCUT2D eigenvalue weighted by Crippen LogP contribution is 2.18. The number of carbonyl (C=O) groups excluding carboxylic acids is 3. The number of nitrogens with two attached hydrogens (primary N) is 2. The average Bonchev–Trinajstić information content (AvgIpc) is 3.27. The third-order valence-electron chi connectivity index (χ3n) is 4.63. The predicted octanol–water partition coefficient (Wildman–Crippen LogP) is -0.342. The van der Waals surface area contributed by atoms with Crippen LogP contribution in [0.3, 0.4) is 0 Å². The Balaban J connectivity index is 0.00000126. The number of carboxylic acids is 2. The van der Waals surface area contributed by atoms with Gasteiger partial charge in [0.25, 0.3) is 11.9 Å². The highest BCUT2D eigenvalue weighted by molar-refractivity contribution is 5.92. The highest BCUT2D eigenvalue weighted by Gasteiger charge is 2.35. The van der Waals surface area contributed by atoms with Crippen molar-refractivity contribution in [3.8, 4) is 0 Å². The van der Waals surface area contributed by atoms with Crippen LogP contribution in [-0.4, -0.2) is 76.5 Å². The number of benzene rings is 1. The van der Waals surface area contributed by atoms with E-state index in [0.717, 1.165) is 25.8 Å². The second kappa shape index (κ2) is 17.9. The number of amides is 3. The maximum absolute atomic E-state index is 12.7. The van der Waals surface area contributed by atoms with Crippen molar-refractivity contribution < 1.29 is 34.2 Å². The number of rotatable bonds is 9. The normalized spacial score (nSPS) is 14.9. The van der Waals surface area contributed by atoms with Gasteiger partial charge in [-0.15, -0.1) is 0 Å². The van der Waals surface area contributed by atoms with Gasteiger partial charge in [-0.05, 0) is 31.4 Å². The van der Waals surface area contributed by atoms with Crippen molar-refractivity contribution in [1.82, 2.24) is 15.5 Å². The Hall–Kier alpha value is -3.51. The lowest BCUT2D eigenvalue weighted by molar-refractivity contribution is -0.139. The van der Waals surface area contributed by atoms with Crippen LogP contribution in [-0.2, 0) is 30.5 Å². The average molecular weight is 496 g/mol. The van der Waals surface area contributed by atoms with Gasteiger partial charge in [0.1, 0.15) is 12.1 Å². The lowest BCUT2D eigenvalue weighted by atomic mass is 10.1. The summed E-state index contributed by atoms with van der Waals surface area (Å²) in [6, 6.07) is 8.25. The van der Waals surface area contributed by atoms with Gasteiger partial charge >= 0.3 is 0 Å². The lowest BCUT2D eigenvalue weighted by Crippen LogP contribution is -2.53. The second-order valence-corrected chi connectivity index (χ2v) is 7.66. The van der Waals surface area contributed by atoms with Crippen molar-refractivity contribution in [2.45, 2.75) is 58.2 Å². The third kappa shape index (κ3) is 14.4. The number of nitrogens with one attached hydrogen (secondary N) is 2. The van der Waals surface area contributed by atoms with Gasteiger partial charge in [0.05, 0.1) is 0 Å².